The fraction of sp³-hybridized carbons (Fsp3) is 0.273. The Kier molecular flexibility index (Phi) is 6.40. The highest BCUT2D eigenvalue weighted by Gasteiger charge is 2.30. The number of halogens is 1. The number of thioether (sulfide) groups is 1. The van der Waals surface area contributed by atoms with Crippen LogP contribution in [0.4, 0.5) is 15.8 Å². The van der Waals surface area contributed by atoms with E-state index >= 15 is 0 Å². The van der Waals surface area contributed by atoms with Crippen LogP contribution in [0.2, 0.25) is 0 Å². The number of amides is 2. The molecule has 2 aromatic carbocycles. The Morgan fingerprint density at radius 3 is 2.84 bits per heavy atom. The molecule has 10 heteroatoms. The summed E-state index contributed by atoms with van der Waals surface area (Å²) in [7, 11) is 0. The molecule has 1 aliphatic rings. The molecular formula is C22H21FN4O4S. The smallest absolute Gasteiger partial charge is 0.277 e. The number of aromatic nitrogens is 2. The van der Waals surface area contributed by atoms with Gasteiger partial charge in [0, 0.05) is 12.5 Å². The zero-order valence-corrected chi connectivity index (χ0v) is 18.3. The Bertz CT molecular complexity index is 1140. The van der Waals surface area contributed by atoms with Gasteiger partial charge in [-0.2, -0.15) is 0 Å². The number of benzene rings is 2. The second-order valence-electron chi connectivity index (χ2n) is 7.27. The normalized spacial score (nSPS) is 16.7. The predicted octanol–water partition coefficient (Wildman–Crippen LogP) is 4.20. The van der Waals surface area contributed by atoms with Crippen molar-refractivity contribution >= 4 is 35.0 Å². The van der Waals surface area contributed by atoms with Gasteiger partial charge in [-0.1, -0.05) is 36.0 Å². The van der Waals surface area contributed by atoms with Gasteiger partial charge in [0.05, 0.1) is 17.1 Å². The molecule has 2 heterocycles. The van der Waals surface area contributed by atoms with Crippen molar-refractivity contribution in [2.75, 3.05) is 16.0 Å². The average Bonchev–Trinajstić information content (AvgIpc) is 3.19. The van der Waals surface area contributed by atoms with Crippen LogP contribution >= 0.6 is 11.8 Å². The summed E-state index contributed by atoms with van der Waals surface area (Å²) in [5.74, 6) is -0.526. The molecule has 2 amide bonds. The number of fused-ring (bicyclic) bond motifs is 1. The van der Waals surface area contributed by atoms with Crippen molar-refractivity contribution in [1.82, 2.24) is 10.2 Å². The average molecular weight is 456 g/mol. The summed E-state index contributed by atoms with van der Waals surface area (Å²) in [5.41, 5.74) is 1.24. The summed E-state index contributed by atoms with van der Waals surface area (Å²) in [5, 5.41) is 10.9. The first-order chi connectivity index (χ1) is 15.4. The Morgan fingerprint density at radius 1 is 1.28 bits per heavy atom. The van der Waals surface area contributed by atoms with Gasteiger partial charge in [-0.25, -0.2) is 4.39 Å². The summed E-state index contributed by atoms with van der Waals surface area (Å²) in [6.07, 6.45) is -0.472. The molecule has 1 N–H and O–H groups in total. The van der Waals surface area contributed by atoms with Gasteiger partial charge >= 0.3 is 0 Å². The Labute approximate surface area is 188 Å². The first-order valence-electron chi connectivity index (χ1n) is 10.0. The maximum absolute atomic E-state index is 13.8. The molecule has 2 unspecified atom stereocenters. The van der Waals surface area contributed by atoms with Crippen LogP contribution < -0.4 is 15.0 Å². The Balaban J connectivity index is 1.42. The minimum atomic E-state index is -0.668. The summed E-state index contributed by atoms with van der Waals surface area (Å²) in [4.78, 5) is 26.7. The van der Waals surface area contributed by atoms with Gasteiger partial charge in [-0.05, 0) is 38.1 Å². The maximum Gasteiger partial charge on any atom is 0.277 e. The van der Waals surface area contributed by atoms with Crippen molar-refractivity contribution in [3.8, 4) is 5.75 Å². The first-order valence-corrected chi connectivity index (χ1v) is 11.0. The van der Waals surface area contributed by atoms with E-state index < -0.39 is 11.9 Å². The third kappa shape index (κ3) is 4.75. The second kappa shape index (κ2) is 9.39. The highest BCUT2D eigenvalue weighted by atomic mass is 32.2. The van der Waals surface area contributed by atoms with Gasteiger partial charge in [0.25, 0.3) is 11.1 Å². The van der Waals surface area contributed by atoms with Gasteiger partial charge in [-0.15, -0.1) is 10.2 Å². The molecule has 3 aromatic rings. The molecule has 0 saturated carbocycles. The van der Waals surface area contributed by atoms with Crippen LogP contribution in [0.15, 0.2) is 58.2 Å². The minimum absolute atomic E-state index is 0.0387. The minimum Gasteiger partial charge on any atom is -0.478 e. The highest BCUT2D eigenvalue weighted by Crippen LogP contribution is 2.32. The monoisotopic (exact) mass is 456 g/mol. The number of rotatable bonds is 6. The largest absolute Gasteiger partial charge is 0.478 e. The molecule has 4 rings (SSSR count). The van der Waals surface area contributed by atoms with Gasteiger partial charge in [0.1, 0.15) is 0 Å². The fourth-order valence-corrected chi connectivity index (χ4v) is 4.01. The standard InChI is InChI=1S/C22H21FN4O4S/c1-13-11-19(28)24-16-8-4-5-9-17(16)27(13)20(29)12-32-22-26-25-21(31-22)14(2)30-18-10-6-3-7-15(18)23/h3-10,13-14H,11-12H2,1-2H3,(H,24,28). The molecule has 2 atom stereocenters. The number of para-hydroxylation sites is 3. The van der Waals surface area contributed by atoms with Gasteiger partial charge < -0.3 is 19.4 Å². The van der Waals surface area contributed by atoms with Crippen molar-refractivity contribution in [2.45, 2.75) is 37.6 Å². The van der Waals surface area contributed by atoms with Crippen molar-refractivity contribution < 1.29 is 23.1 Å². The number of hydrogen-bond acceptors (Lipinski definition) is 7. The van der Waals surface area contributed by atoms with Crippen LogP contribution in [0, 0.1) is 5.82 Å². The third-order valence-corrected chi connectivity index (χ3v) is 5.66. The summed E-state index contributed by atoms with van der Waals surface area (Å²) >= 11 is 1.09. The molecular weight excluding hydrogens is 435 g/mol. The van der Waals surface area contributed by atoms with Crippen LogP contribution in [0.1, 0.15) is 32.3 Å². The van der Waals surface area contributed by atoms with E-state index in [1.165, 1.54) is 12.1 Å². The lowest BCUT2D eigenvalue weighted by Crippen LogP contribution is -2.40. The van der Waals surface area contributed by atoms with E-state index in [1.54, 1.807) is 42.2 Å². The summed E-state index contributed by atoms with van der Waals surface area (Å²) < 4.78 is 24.9. The number of nitrogens with one attached hydrogen (secondary N) is 1. The van der Waals surface area contributed by atoms with Crippen molar-refractivity contribution in [2.24, 2.45) is 0 Å². The number of carbonyl (C=O) groups excluding carboxylic acids is 2. The fourth-order valence-electron chi connectivity index (χ4n) is 3.39. The number of nitrogens with zero attached hydrogens (tertiary/aromatic N) is 3. The third-order valence-electron chi connectivity index (χ3n) is 4.86. The molecule has 1 aliphatic heterocycles. The lowest BCUT2D eigenvalue weighted by Gasteiger charge is -2.27. The van der Waals surface area contributed by atoms with Crippen molar-refractivity contribution in [3.05, 3.63) is 60.2 Å². The molecule has 0 aliphatic carbocycles. The van der Waals surface area contributed by atoms with Gasteiger partial charge in [0.15, 0.2) is 17.7 Å². The number of carbonyl (C=O) groups is 2. The quantitative estimate of drug-likeness (QED) is 0.555. The molecule has 32 heavy (non-hydrogen) atoms. The van der Waals surface area contributed by atoms with Gasteiger partial charge in [0.2, 0.25) is 11.8 Å². The van der Waals surface area contributed by atoms with E-state index in [0.717, 1.165) is 11.8 Å². The molecule has 0 bridgehead atoms. The number of hydrogen-bond donors (Lipinski definition) is 1. The first kappa shape index (κ1) is 21.8. The van der Waals surface area contributed by atoms with Crippen LogP contribution in [0.25, 0.3) is 0 Å². The van der Waals surface area contributed by atoms with Crippen LogP contribution in [-0.2, 0) is 9.59 Å². The molecule has 0 spiro atoms. The lowest BCUT2D eigenvalue weighted by atomic mass is 10.2. The van der Waals surface area contributed by atoms with Crippen molar-refractivity contribution in [1.29, 1.82) is 0 Å². The van der Waals surface area contributed by atoms with Crippen LogP contribution in [0.3, 0.4) is 0 Å². The zero-order chi connectivity index (χ0) is 22.7. The predicted molar refractivity (Wildman–Crippen MR) is 117 cm³/mol. The van der Waals surface area contributed by atoms with E-state index in [9.17, 15) is 14.0 Å². The lowest BCUT2D eigenvalue weighted by molar-refractivity contribution is -0.117. The second-order valence-corrected chi connectivity index (χ2v) is 8.19. The van der Waals surface area contributed by atoms with Crippen molar-refractivity contribution in [3.63, 3.8) is 0 Å². The molecule has 0 radical (unpaired) electrons. The Morgan fingerprint density at radius 2 is 2.03 bits per heavy atom. The van der Waals surface area contributed by atoms with Gasteiger partial charge in [-0.3, -0.25) is 9.59 Å². The Hall–Kier alpha value is -3.40. The number of anilines is 2. The topological polar surface area (TPSA) is 97.6 Å². The van der Waals surface area contributed by atoms with E-state index in [2.05, 4.69) is 15.5 Å². The summed E-state index contributed by atoms with van der Waals surface area (Å²) in [6, 6.07) is 12.9. The highest BCUT2D eigenvalue weighted by molar-refractivity contribution is 7.99. The SMILES string of the molecule is CC(Oc1ccccc1F)c1nnc(SCC(=O)N2c3ccccc3NC(=O)CC2C)o1. The molecule has 8 nitrogen and oxygen atoms in total. The van der Waals surface area contributed by atoms with E-state index in [0.29, 0.717) is 11.4 Å². The zero-order valence-electron chi connectivity index (χ0n) is 17.4. The summed E-state index contributed by atoms with van der Waals surface area (Å²) in [6.45, 7) is 3.50. The molecule has 1 aromatic heterocycles. The van der Waals surface area contributed by atoms with Crippen LogP contribution in [0.5, 0.6) is 5.75 Å². The molecule has 166 valence electrons. The van der Waals surface area contributed by atoms with E-state index in [4.69, 9.17) is 9.15 Å². The van der Waals surface area contributed by atoms with Crippen LogP contribution in [-0.4, -0.2) is 33.8 Å². The molecule has 0 saturated heterocycles. The van der Waals surface area contributed by atoms with E-state index in [1.807, 2.05) is 13.0 Å². The van der Waals surface area contributed by atoms with E-state index in [-0.39, 0.29) is 46.9 Å². The molecule has 0 fully saturated rings. The maximum atomic E-state index is 13.8. The number of ether oxygens (including phenoxy) is 1.